The molecule has 0 aliphatic carbocycles. The number of methoxy groups -OCH3 is 1. The molecule has 0 heterocycles. The van der Waals surface area contributed by atoms with Gasteiger partial charge in [0.2, 0.25) is 0 Å². The van der Waals surface area contributed by atoms with Crippen LogP contribution in [-0.4, -0.2) is 18.3 Å². The average Bonchev–Trinajstić information content (AvgIpc) is 2.31. The molecule has 0 saturated heterocycles. The van der Waals surface area contributed by atoms with E-state index in [1.807, 2.05) is 6.92 Å². The lowest BCUT2D eigenvalue weighted by Crippen LogP contribution is -2.08. The molecule has 1 aromatic rings. The zero-order chi connectivity index (χ0) is 12.8. The topological polar surface area (TPSA) is 26.3 Å². The zero-order valence-electron chi connectivity index (χ0n) is 9.70. The predicted octanol–water partition coefficient (Wildman–Crippen LogP) is 3.66. The Morgan fingerprint density at radius 3 is 2.94 bits per heavy atom. The molecule has 1 atom stereocenters. The maximum Gasteiger partial charge on any atom is 0.306 e. The highest BCUT2D eigenvalue weighted by molar-refractivity contribution is 7.99. The lowest BCUT2D eigenvalue weighted by Gasteiger charge is -2.10. The van der Waals surface area contributed by atoms with Gasteiger partial charge in [-0.05, 0) is 11.6 Å². The summed E-state index contributed by atoms with van der Waals surface area (Å²) in [6, 6.07) is 4.92. The van der Waals surface area contributed by atoms with Crippen molar-refractivity contribution in [3.63, 3.8) is 0 Å². The summed E-state index contributed by atoms with van der Waals surface area (Å²) in [6.07, 6.45) is 0.323. The van der Waals surface area contributed by atoms with Gasteiger partial charge in [0, 0.05) is 11.0 Å². The molecule has 0 fully saturated rings. The molecule has 17 heavy (non-hydrogen) atoms. The third-order valence-corrected chi connectivity index (χ3v) is 3.74. The summed E-state index contributed by atoms with van der Waals surface area (Å²) >= 11 is 7.17. The molecule has 0 N–H and O–H groups in total. The summed E-state index contributed by atoms with van der Waals surface area (Å²) < 4.78 is 18.1. The van der Waals surface area contributed by atoms with Crippen molar-refractivity contribution in [3.8, 4) is 0 Å². The van der Waals surface area contributed by atoms with E-state index in [0.29, 0.717) is 17.7 Å². The SMILES string of the molecule is COC(=O)CC(C)SCc1cccc(Cl)c1F. The lowest BCUT2D eigenvalue weighted by atomic mass is 10.2. The minimum absolute atomic E-state index is 0.0841. The number of rotatable bonds is 5. The number of thioether (sulfide) groups is 1. The highest BCUT2D eigenvalue weighted by atomic mass is 35.5. The molecule has 2 nitrogen and oxygen atoms in total. The van der Waals surface area contributed by atoms with Gasteiger partial charge in [-0.1, -0.05) is 30.7 Å². The normalized spacial score (nSPS) is 12.2. The van der Waals surface area contributed by atoms with Crippen LogP contribution in [0.1, 0.15) is 18.9 Å². The zero-order valence-corrected chi connectivity index (χ0v) is 11.3. The van der Waals surface area contributed by atoms with Gasteiger partial charge in [0.25, 0.3) is 0 Å². The summed E-state index contributed by atoms with van der Waals surface area (Å²) in [7, 11) is 1.36. The van der Waals surface area contributed by atoms with Crippen molar-refractivity contribution in [2.45, 2.75) is 24.3 Å². The summed E-state index contributed by atoms with van der Waals surface area (Å²) in [5.41, 5.74) is 0.555. The Labute approximate surface area is 109 Å². The van der Waals surface area contributed by atoms with E-state index in [2.05, 4.69) is 4.74 Å². The smallest absolute Gasteiger partial charge is 0.306 e. The van der Waals surface area contributed by atoms with E-state index in [1.54, 1.807) is 12.1 Å². The monoisotopic (exact) mass is 276 g/mol. The molecule has 5 heteroatoms. The van der Waals surface area contributed by atoms with Crippen molar-refractivity contribution in [1.82, 2.24) is 0 Å². The van der Waals surface area contributed by atoms with Crippen molar-refractivity contribution >= 4 is 29.3 Å². The standard InChI is InChI=1S/C12H14ClFO2S/c1-8(6-11(15)16-2)17-7-9-4-3-5-10(13)12(9)14/h3-5,8H,6-7H2,1-2H3. The van der Waals surface area contributed by atoms with Gasteiger partial charge in [0.1, 0.15) is 5.82 Å². The van der Waals surface area contributed by atoms with E-state index in [-0.39, 0.29) is 22.1 Å². The summed E-state index contributed by atoms with van der Waals surface area (Å²) in [6.45, 7) is 1.91. The van der Waals surface area contributed by atoms with E-state index < -0.39 is 0 Å². The summed E-state index contributed by atoms with van der Waals surface area (Å²) in [4.78, 5) is 11.0. The van der Waals surface area contributed by atoms with Gasteiger partial charge in [0.15, 0.2) is 0 Å². The molecule has 0 amide bonds. The minimum Gasteiger partial charge on any atom is -0.469 e. The number of benzene rings is 1. The average molecular weight is 277 g/mol. The number of carbonyl (C=O) groups is 1. The molecule has 0 radical (unpaired) electrons. The first kappa shape index (κ1) is 14.3. The van der Waals surface area contributed by atoms with E-state index in [4.69, 9.17) is 11.6 Å². The first-order chi connectivity index (χ1) is 8.04. The molecule has 0 bridgehead atoms. The molecule has 0 aromatic heterocycles. The molecule has 94 valence electrons. The van der Waals surface area contributed by atoms with Crippen molar-refractivity contribution in [2.24, 2.45) is 0 Å². The Hall–Kier alpha value is -0.740. The molecular weight excluding hydrogens is 263 g/mol. The van der Waals surface area contributed by atoms with Crippen LogP contribution in [0.2, 0.25) is 5.02 Å². The number of esters is 1. The van der Waals surface area contributed by atoms with Crippen molar-refractivity contribution in [3.05, 3.63) is 34.6 Å². The van der Waals surface area contributed by atoms with Crippen LogP contribution >= 0.6 is 23.4 Å². The van der Waals surface area contributed by atoms with Crippen LogP contribution in [0.25, 0.3) is 0 Å². The molecule has 0 aliphatic heterocycles. The van der Waals surface area contributed by atoms with E-state index in [9.17, 15) is 9.18 Å². The fourth-order valence-electron chi connectivity index (χ4n) is 1.27. The Morgan fingerprint density at radius 1 is 1.59 bits per heavy atom. The second kappa shape index (κ2) is 6.87. The van der Waals surface area contributed by atoms with Crippen LogP contribution in [0, 0.1) is 5.82 Å². The maximum absolute atomic E-state index is 13.5. The Bertz CT molecular complexity index is 398. The minimum atomic E-state index is -0.382. The van der Waals surface area contributed by atoms with Crippen molar-refractivity contribution in [2.75, 3.05) is 7.11 Å². The third-order valence-electron chi connectivity index (χ3n) is 2.24. The van der Waals surface area contributed by atoms with Gasteiger partial charge in [-0.15, -0.1) is 0 Å². The fraction of sp³-hybridized carbons (Fsp3) is 0.417. The maximum atomic E-state index is 13.5. The van der Waals surface area contributed by atoms with Crippen molar-refractivity contribution in [1.29, 1.82) is 0 Å². The Kier molecular flexibility index (Phi) is 5.78. The van der Waals surface area contributed by atoms with Gasteiger partial charge in [0.05, 0.1) is 18.6 Å². The van der Waals surface area contributed by atoms with Crippen LogP contribution in [0.3, 0.4) is 0 Å². The van der Waals surface area contributed by atoms with Gasteiger partial charge >= 0.3 is 5.97 Å². The quantitative estimate of drug-likeness (QED) is 0.768. The van der Waals surface area contributed by atoms with E-state index in [0.717, 1.165) is 0 Å². The summed E-state index contributed by atoms with van der Waals surface area (Å²) in [5, 5.41) is 0.213. The molecule has 1 aromatic carbocycles. The van der Waals surface area contributed by atoms with Crippen LogP contribution in [0.5, 0.6) is 0 Å². The number of halogens is 2. The summed E-state index contributed by atoms with van der Waals surface area (Å²) in [5.74, 6) is -0.145. The fourth-order valence-corrected chi connectivity index (χ4v) is 2.40. The molecular formula is C12H14ClFO2S. The molecule has 1 rings (SSSR count). The van der Waals surface area contributed by atoms with Crippen LogP contribution < -0.4 is 0 Å². The first-order valence-electron chi connectivity index (χ1n) is 5.16. The number of hydrogen-bond donors (Lipinski definition) is 0. The number of hydrogen-bond acceptors (Lipinski definition) is 3. The van der Waals surface area contributed by atoms with Gasteiger partial charge < -0.3 is 4.74 Å². The Morgan fingerprint density at radius 2 is 2.29 bits per heavy atom. The number of carbonyl (C=O) groups excluding carboxylic acids is 1. The largest absolute Gasteiger partial charge is 0.469 e. The van der Waals surface area contributed by atoms with Gasteiger partial charge in [-0.25, -0.2) is 4.39 Å². The highest BCUT2D eigenvalue weighted by Crippen LogP contribution is 2.25. The second-order valence-electron chi connectivity index (χ2n) is 3.61. The van der Waals surface area contributed by atoms with Gasteiger partial charge in [-0.3, -0.25) is 4.79 Å². The number of ether oxygens (including phenoxy) is 1. The lowest BCUT2D eigenvalue weighted by molar-refractivity contribution is -0.140. The van der Waals surface area contributed by atoms with Crippen LogP contribution in [0.4, 0.5) is 4.39 Å². The molecule has 1 unspecified atom stereocenters. The van der Waals surface area contributed by atoms with Crippen LogP contribution in [-0.2, 0) is 15.3 Å². The predicted molar refractivity (Wildman–Crippen MR) is 68.8 cm³/mol. The molecule has 0 aliphatic rings. The molecule has 0 spiro atoms. The second-order valence-corrected chi connectivity index (χ2v) is 5.45. The Balaban J connectivity index is 2.50. The molecule has 0 saturated carbocycles. The third kappa shape index (κ3) is 4.56. The first-order valence-corrected chi connectivity index (χ1v) is 6.58. The van der Waals surface area contributed by atoms with E-state index >= 15 is 0 Å². The van der Waals surface area contributed by atoms with Gasteiger partial charge in [-0.2, -0.15) is 11.8 Å². The van der Waals surface area contributed by atoms with Crippen molar-refractivity contribution < 1.29 is 13.9 Å². The van der Waals surface area contributed by atoms with Crippen LogP contribution in [0.15, 0.2) is 18.2 Å². The highest BCUT2D eigenvalue weighted by Gasteiger charge is 2.12. The van der Waals surface area contributed by atoms with E-state index in [1.165, 1.54) is 24.9 Å².